The van der Waals surface area contributed by atoms with Gasteiger partial charge in [-0.15, -0.1) is 0 Å². The van der Waals surface area contributed by atoms with Crippen LogP contribution in [-0.4, -0.2) is 34.6 Å². The molecule has 0 bridgehead atoms. The predicted octanol–water partition coefficient (Wildman–Crippen LogP) is 4.98. The molecule has 3 heterocycles. The number of nitrogens with zero attached hydrogens (tertiary/aromatic N) is 3. The van der Waals surface area contributed by atoms with Crippen molar-refractivity contribution in [2.75, 3.05) is 20.1 Å². The van der Waals surface area contributed by atoms with Crippen molar-refractivity contribution in [1.29, 1.82) is 0 Å². The van der Waals surface area contributed by atoms with Gasteiger partial charge in [0.25, 0.3) is 0 Å². The zero-order valence-corrected chi connectivity index (χ0v) is 16.3. The van der Waals surface area contributed by atoms with E-state index >= 15 is 0 Å². The number of aromatic nitrogens is 2. The lowest BCUT2D eigenvalue weighted by atomic mass is 10.1. The molecule has 0 saturated carbocycles. The quantitative estimate of drug-likeness (QED) is 0.610. The highest BCUT2D eigenvalue weighted by Crippen LogP contribution is 2.32. The third kappa shape index (κ3) is 3.76. The minimum absolute atomic E-state index is 0.492. The van der Waals surface area contributed by atoms with Crippen molar-refractivity contribution in [1.82, 2.24) is 14.5 Å². The number of pyridine rings is 1. The molecule has 2 aromatic heterocycles. The Kier molecular flexibility index (Phi) is 5.10. The number of fused-ring (bicyclic) bond motifs is 3. The summed E-state index contributed by atoms with van der Waals surface area (Å²) in [6, 6.07) is 7.09. The summed E-state index contributed by atoms with van der Waals surface area (Å²) in [5.74, 6) is 0. The number of benzene rings is 1. The second-order valence-corrected chi connectivity index (χ2v) is 7.81. The summed E-state index contributed by atoms with van der Waals surface area (Å²) in [7, 11) is 2.11. The molecule has 0 spiro atoms. The van der Waals surface area contributed by atoms with E-state index in [0.29, 0.717) is 23.6 Å². The van der Waals surface area contributed by atoms with Gasteiger partial charge in [-0.2, -0.15) is 13.2 Å². The van der Waals surface area contributed by atoms with Crippen LogP contribution in [-0.2, 0) is 32.0 Å². The molecular weight excluding hydrogens is 387 g/mol. The van der Waals surface area contributed by atoms with E-state index in [4.69, 9.17) is 11.6 Å². The Labute approximate surface area is 166 Å². The first-order chi connectivity index (χ1) is 13.3. The van der Waals surface area contributed by atoms with Crippen LogP contribution in [0.3, 0.4) is 0 Å². The highest BCUT2D eigenvalue weighted by Gasteiger charge is 2.31. The molecule has 0 amide bonds. The highest BCUT2D eigenvalue weighted by molar-refractivity contribution is 6.31. The summed E-state index contributed by atoms with van der Waals surface area (Å²) in [5, 5.41) is 1.85. The van der Waals surface area contributed by atoms with Crippen LogP contribution in [0.25, 0.3) is 10.9 Å². The van der Waals surface area contributed by atoms with Gasteiger partial charge in [-0.3, -0.25) is 4.98 Å². The van der Waals surface area contributed by atoms with Crippen molar-refractivity contribution in [3.63, 3.8) is 0 Å². The molecule has 148 valence electrons. The number of halogens is 4. The van der Waals surface area contributed by atoms with Gasteiger partial charge in [0.1, 0.15) is 0 Å². The van der Waals surface area contributed by atoms with Crippen molar-refractivity contribution in [2.24, 2.45) is 0 Å². The van der Waals surface area contributed by atoms with Crippen LogP contribution in [0.4, 0.5) is 13.2 Å². The molecule has 1 aliphatic heterocycles. The first kappa shape index (κ1) is 19.3. The average molecular weight is 408 g/mol. The molecule has 28 heavy (non-hydrogen) atoms. The molecule has 1 aromatic carbocycles. The van der Waals surface area contributed by atoms with E-state index in [1.165, 1.54) is 23.5 Å². The van der Waals surface area contributed by atoms with Crippen LogP contribution in [0.15, 0.2) is 36.7 Å². The Hall–Kier alpha value is -2.05. The van der Waals surface area contributed by atoms with Crippen LogP contribution in [0, 0.1) is 0 Å². The minimum atomic E-state index is -4.37. The fourth-order valence-corrected chi connectivity index (χ4v) is 4.17. The molecule has 0 N–H and O–H groups in total. The molecule has 0 radical (unpaired) electrons. The van der Waals surface area contributed by atoms with E-state index in [2.05, 4.69) is 21.5 Å². The number of hydrogen-bond acceptors (Lipinski definition) is 2. The smallest absolute Gasteiger partial charge is 0.344 e. The topological polar surface area (TPSA) is 21.1 Å². The van der Waals surface area contributed by atoms with Crippen LogP contribution in [0.2, 0.25) is 5.02 Å². The molecule has 3 nitrogen and oxygen atoms in total. The summed E-state index contributed by atoms with van der Waals surface area (Å²) in [6.45, 7) is 2.55. The van der Waals surface area contributed by atoms with Gasteiger partial charge in [0.2, 0.25) is 0 Å². The number of likely N-dealkylation sites (N-methyl/N-ethyl adjacent to an activating group) is 1. The van der Waals surface area contributed by atoms with Crippen LogP contribution in [0.1, 0.15) is 22.4 Å². The summed E-state index contributed by atoms with van der Waals surface area (Å²) >= 11 is 6.24. The lowest BCUT2D eigenvalue weighted by Gasteiger charge is -2.14. The lowest BCUT2D eigenvalue weighted by Crippen LogP contribution is -2.21. The van der Waals surface area contributed by atoms with E-state index in [0.717, 1.165) is 43.0 Å². The van der Waals surface area contributed by atoms with E-state index in [9.17, 15) is 13.2 Å². The van der Waals surface area contributed by atoms with Crippen molar-refractivity contribution < 1.29 is 13.2 Å². The third-order valence-electron chi connectivity index (χ3n) is 5.47. The number of hydrogen-bond donors (Lipinski definition) is 0. The molecule has 4 rings (SSSR count). The van der Waals surface area contributed by atoms with Gasteiger partial charge < -0.3 is 9.47 Å². The lowest BCUT2D eigenvalue weighted by molar-refractivity contribution is -0.137. The summed E-state index contributed by atoms with van der Waals surface area (Å²) < 4.78 is 41.2. The van der Waals surface area contributed by atoms with Gasteiger partial charge in [0.05, 0.1) is 5.56 Å². The molecule has 0 aliphatic carbocycles. The SMILES string of the molecule is CN1CCc2c(n(CCc3cncc(C(F)(F)F)c3)c3ccc(Cl)cc23)CC1. The summed E-state index contributed by atoms with van der Waals surface area (Å²) in [4.78, 5) is 6.09. The molecule has 0 fully saturated rings. The zero-order valence-electron chi connectivity index (χ0n) is 15.6. The Bertz CT molecular complexity index is 1010. The average Bonchev–Trinajstić information content (AvgIpc) is 2.79. The maximum atomic E-state index is 13.0. The number of aryl methyl sites for hydroxylation is 2. The van der Waals surface area contributed by atoms with E-state index in [1.54, 1.807) is 0 Å². The zero-order chi connectivity index (χ0) is 19.9. The Morgan fingerprint density at radius 3 is 2.68 bits per heavy atom. The van der Waals surface area contributed by atoms with Crippen molar-refractivity contribution >= 4 is 22.5 Å². The fourth-order valence-electron chi connectivity index (χ4n) is 4.00. The molecule has 0 unspecified atom stereocenters. The Morgan fingerprint density at radius 2 is 1.89 bits per heavy atom. The second kappa shape index (κ2) is 7.41. The van der Waals surface area contributed by atoms with Crippen molar-refractivity contribution in [3.8, 4) is 0 Å². The summed E-state index contributed by atoms with van der Waals surface area (Å²) in [5.41, 5.74) is 3.56. The van der Waals surface area contributed by atoms with Crippen LogP contribution in [0.5, 0.6) is 0 Å². The van der Waals surface area contributed by atoms with E-state index in [1.807, 2.05) is 18.2 Å². The minimum Gasteiger partial charge on any atom is -0.344 e. The maximum absolute atomic E-state index is 13.0. The standard InChI is InChI=1S/C21H21ClF3N3/c1-27-7-5-17-18-11-16(22)2-3-19(18)28(20(17)6-8-27)9-4-14-10-15(13-26-12-14)21(23,24)25/h2-3,10-13H,4-9H2,1H3. The second-order valence-electron chi connectivity index (χ2n) is 7.37. The van der Waals surface area contributed by atoms with Gasteiger partial charge in [0, 0.05) is 60.1 Å². The molecule has 3 aromatic rings. The van der Waals surface area contributed by atoms with Gasteiger partial charge in [-0.05, 0) is 55.3 Å². The Morgan fingerprint density at radius 1 is 1.11 bits per heavy atom. The molecule has 1 aliphatic rings. The van der Waals surface area contributed by atoms with Crippen molar-refractivity contribution in [2.45, 2.75) is 32.0 Å². The largest absolute Gasteiger partial charge is 0.417 e. The number of alkyl halides is 3. The number of rotatable bonds is 3. The fraction of sp³-hybridized carbons (Fsp3) is 0.381. The molecule has 7 heteroatoms. The summed E-state index contributed by atoms with van der Waals surface area (Å²) in [6.07, 6.45) is 0.371. The monoisotopic (exact) mass is 407 g/mol. The van der Waals surface area contributed by atoms with Crippen LogP contribution >= 0.6 is 11.6 Å². The van der Waals surface area contributed by atoms with Gasteiger partial charge in [-0.1, -0.05) is 11.6 Å². The highest BCUT2D eigenvalue weighted by atomic mass is 35.5. The van der Waals surface area contributed by atoms with E-state index in [-0.39, 0.29) is 0 Å². The molecular formula is C21H21ClF3N3. The third-order valence-corrected chi connectivity index (χ3v) is 5.70. The first-order valence-electron chi connectivity index (χ1n) is 9.32. The van der Waals surface area contributed by atoms with Gasteiger partial charge >= 0.3 is 6.18 Å². The van der Waals surface area contributed by atoms with Crippen LogP contribution < -0.4 is 0 Å². The van der Waals surface area contributed by atoms with E-state index < -0.39 is 11.7 Å². The predicted molar refractivity (Wildman–Crippen MR) is 105 cm³/mol. The molecule has 0 saturated heterocycles. The van der Waals surface area contributed by atoms with Crippen molar-refractivity contribution in [3.05, 3.63) is 64.1 Å². The Balaban J connectivity index is 1.69. The van der Waals surface area contributed by atoms with Gasteiger partial charge in [0.15, 0.2) is 0 Å². The first-order valence-corrected chi connectivity index (χ1v) is 9.70. The molecule has 0 atom stereocenters. The van der Waals surface area contributed by atoms with Gasteiger partial charge in [-0.25, -0.2) is 0 Å². The normalized spacial score (nSPS) is 15.6. The maximum Gasteiger partial charge on any atom is 0.417 e.